The number of piperidine rings is 1. The van der Waals surface area contributed by atoms with Crippen LogP contribution in [0.3, 0.4) is 0 Å². The van der Waals surface area contributed by atoms with Crippen molar-refractivity contribution in [3.8, 4) is 0 Å². The van der Waals surface area contributed by atoms with Crippen LogP contribution < -0.4 is 5.32 Å². The van der Waals surface area contributed by atoms with Crippen LogP contribution in [-0.4, -0.2) is 51.3 Å². The Hall–Kier alpha value is -0.120. The minimum Gasteiger partial charge on any atom is -0.384 e. The summed E-state index contributed by atoms with van der Waals surface area (Å²) in [5.41, 5.74) is 0. The van der Waals surface area contributed by atoms with Gasteiger partial charge >= 0.3 is 0 Å². The molecule has 96 valence electrons. The van der Waals surface area contributed by atoms with Gasteiger partial charge in [-0.05, 0) is 58.3 Å². The lowest BCUT2D eigenvalue weighted by atomic mass is 9.94. The largest absolute Gasteiger partial charge is 0.384 e. The third-order valence-electron chi connectivity index (χ3n) is 3.98. The predicted molar refractivity (Wildman–Crippen MR) is 68.7 cm³/mol. The van der Waals surface area contributed by atoms with E-state index in [-0.39, 0.29) is 0 Å². The number of ether oxygens (including phenoxy) is 1. The Kier molecular flexibility index (Phi) is 6.32. The first-order valence-corrected chi connectivity index (χ1v) is 6.56. The van der Waals surface area contributed by atoms with Gasteiger partial charge < -0.3 is 15.0 Å². The average Bonchev–Trinajstić information content (AvgIpc) is 2.30. The van der Waals surface area contributed by atoms with E-state index >= 15 is 0 Å². The van der Waals surface area contributed by atoms with E-state index in [0.717, 1.165) is 25.0 Å². The maximum atomic E-state index is 5.23. The van der Waals surface area contributed by atoms with Gasteiger partial charge in [-0.15, -0.1) is 0 Å². The van der Waals surface area contributed by atoms with E-state index in [1.165, 1.54) is 25.9 Å². The third-order valence-corrected chi connectivity index (χ3v) is 3.98. The molecule has 2 atom stereocenters. The number of nitrogens with zero attached hydrogens (tertiary/aromatic N) is 1. The van der Waals surface area contributed by atoms with Crippen LogP contribution >= 0.6 is 0 Å². The molecule has 1 rings (SSSR count). The fourth-order valence-electron chi connectivity index (χ4n) is 2.61. The van der Waals surface area contributed by atoms with Gasteiger partial charge in [0.2, 0.25) is 0 Å². The summed E-state index contributed by atoms with van der Waals surface area (Å²) in [6.07, 6.45) is 2.59. The zero-order chi connectivity index (χ0) is 12.0. The first kappa shape index (κ1) is 13.9. The van der Waals surface area contributed by atoms with E-state index in [0.29, 0.717) is 6.04 Å². The highest BCUT2D eigenvalue weighted by atomic mass is 16.5. The molecule has 1 heterocycles. The molecule has 0 saturated carbocycles. The summed E-state index contributed by atoms with van der Waals surface area (Å²) in [4.78, 5) is 2.63. The second-order valence-electron chi connectivity index (χ2n) is 5.21. The van der Waals surface area contributed by atoms with Crippen molar-refractivity contribution in [2.24, 2.45) is 11.8 Å². The zero-order valence-electron chi connectivity index (χ0n) is 11.3. The Balaban J connectivity index is 2.29. The van der Waals surface area contributed by atoms with Crippen LogP contribution in [0.25, 0.3) is 0 Å². The Morgan fingerprint density at radius 1 is 1.31 bits per heavy atom. The van der Waals surface area contributed by atoms with Crippen molar-refractivity contribution < 1.29 is 4.74 Å². The van der Waals surface area contributed by atoms with Crippen molar-refractivity contribution >= 4 is 0 Å². The number of nitrogens with one attached hydrogen (secondary N) is 1. The standard InChI is InChI=1S/C13H28N2O/c1-11(9-14-3)12(2)15-7-5-13(6-8-15)10-16-4/h11-14H,5-10H2,1-4H3. The molecule has 2 unspecified atom stereocenters. The molecule has 0 spiro atoms. The van der Waals surface area contributed by atoms with Crippen molar-refractivity contribution in [3.63, 3.8) is 0 Å². The molecular formula is C13H28N2O. The average molecular weight is 228 g/mol. The van der Waals surface area contributed by atoms with Crippen molar-refractivity contribution in [2.45, 2.75) is 32.7 Å². The lowest BCUT2D eigenvalue weighted by Crippen LogP contribution is -2.45. The lowest BCUT2D eigenvalue weighted by molar-refractivity contribution is 0.0697. The maximum absolute atomic E-state index is 5.23. The van der Waals surface area contributed by atoms with Gasteiger partial charge in [-0.1, -0.05) is 6.92 Å². The van der Waals surface area contributed by atoms with Crippen LogP contribution in [0.2, 0.25) is 0 Å². The Labute approximate surface area is 101 Å². The van der Waals surface area contributed by atoms with Gasteiger partial charge in [0.15, 0.2) is 0 Å². The Bertz CT molecular complexity index is 179. The van der Waals surface area contributed by atoms with E-state index < -0.39 is 0 Å². The first-order chi connectivity index (χ1) is 7.69. The zero-order valence-corrected chi connectivity index (χ0v) is 11.3. The number of likely N-dealkylation sites (tertiary alicyclic amines) is 1. The fourth-order valence-corrected chi connectivity index (χ4v) is 2.61. The smallest absolute Gasteiger partial charge is 0.0491 e. The summed E-state index contributed by atoms with van der Waals surface area (Å²) in [6, 6.07) is 0.691. The molecule has 1 fully saturated rings. The molecule has 1 aliphatic rings. The highest BCUT2D eigenvalue weighted by molar-refractivity contribution is 4.79. The Morgan fingerprint density at radius 2 is 1.94 bits per heavy atom. The summed E-state index contributed by atoms with van der Waals surface area (Å²) in [5.74, 6) is 1.51. The monoisotopic (exact) mass is 228 g/mol. The number of hydrogen-bond donors (Lipinski definition) is 1. The van der Waals surface area contributed by atoms with Gasteiger partial charge in [0.1, 0.15) is 0 Å². The molecule has 1 aliphatic heterocycles. The van der Waals surface area contributed by atoms with E-state index in [4.69, 9.17) is 4.74 Å². The molecule has 0 aliphatic carbocycles. The summed E-state index contributed by atoms with van der Waals surface area (Å²) in [6.45, 7) is 9.22. The predicted octanol–water partition coefficient (Wildman–Crippen LogP) is 1.59. The summed E-state index contributed by atoms with van der Waals surface area (Å²) in [7, 11) is 3.85. The van der Waals surface area contributed by atoms with Gasteiger partial charge in [-0.25, -0.2) is 0 Å². The molecule has 0 aromatic rings. The second-order valence-corrected chi connectivity index (χ2v) is 5.21. The third kappa shape index (κ3) is 4.04. The molecule has 16 heavy (non-hydrogen) atoms. The summed E-state index contributed by atoms with van der Waals surface area (Å²) < 4.78 is 5.23. The van der Waals surface area contributed by atoms with Gasteiger partial charge in [-0.2, -0.15) is 0 Å². The summed E-state index contributed by atoms with van der Waals surface area (Å²) in [5, 5.41) is 3.27. The van der Waals surface area contributed by atoms with Crippen LogP contribution in [0.1, 0.15) is 26.7 Å². The SMILES string of the molecule is CNCC(C)C(C)N1CCC(COC)CC1. The molecule has 0 bridgehead atoms. The maximum Gasteiger partial charge on any atom is 0.0491 e. The van der Waals surface area contributed by atoms with Crippen molar-refractivity contribution in [1.29, 1.82) is 0 Å². The summed E-state index contributed by atoms with van der Waals surface area (Å²) >= 11 is 0. The Morgan fingerprint density at radius 3 is 2.44 bits per heavy atom. The minimum absolute atomic E-state index is 0.691. The highest BCUT2D eigenvalue weighted by Crippen LogP contribution is 2.21. The van der Waals surface area contributed by atoms with Crippen molar-refractivity contribution in [2.75, 3.05) is 40.4 Å². The normalized spacial score (nSPS) is 23.2. The van der Waals surface area contributed by atoms with Crippen LogP contribution in [-0.2, 0) is 4.74 Å². The van der Waals surface area contributed by atoms with Gasteiger partial charge in [0.05, 0.1) is 0 Å². The minimum atomic E-state index is 0.691. The number of methoxy groups -OCH3 is 1. The van der Waals surface area contributed by atoms with E-state index in [1.807, 2.05) is 14.2 Å². The molecule has 0 aromatic carbocycles. The highest BCUT2D eigenvalue weighted by Gasteiger charge is 2.25. The second kappa shape index (κ2) is 7.25. The van der Waals surface area contributed by atoms with Crippen LogP contribution in [0.15, 0.2) is 0 Å². The fraction of sp³-hybridized carbons (Fsp3) is 1.00. The quantitative estimate of drug-likeness (QED) is 0.747. The van der Waals surface area contributed by atoms with Crippen LogP contribution in [0.5, 0.6) is 0 Å². The molecule has 1 saturated heterocycles. The van der Waals surface area contributed by atoms with Crippen LogP contribution in [0.4, 0.5) is 0 Å². The van der Waals surface area contributed by atoms with E-state index in [1.54, 1.807) is 0 Å². The van der Waals surface area contributed by atoms with E-state index in [2.05, 4.69) is 24.1 Å². The molecule has 1 N–H and O–H groups in total. The lowest BCUT2D eigenvalue weighted by Gasteiger charge is -2.38. The van der Waals surface area contributed by atoms with E-state index in [9.17, 15) is 0 Å². The van der Waals surface area contributed by atoms with Crippen molar-refractivity contribution in [1.82, 2.24) is 10.2 Å². The topological polar surface area (TPSA) is 24.5 Å². The molecule has 0 amide bonds. The molecule has 0 aromatic heterocycles. The van der Waals surface area contributed by atoms with Gasteiger partial charge in [0, 0.05) is 19.8 Å². The van der Waals surface area contributed by atoms with Crippen LogP contribution in [0, 0.1) is 11.8 Å². The molecule has 0 radical (unpaired) electrons. The van der Waals surface area contributed by atoms with Gasteiger partial charge in [-0.3, -0.25) is 0 Å². The number of hydrogen-bond acceptors (Lipinski definition) is 3. The molecular weight excluding hydrogens is 200 g/mol. The molecule has 3 heteroatoms. The number of rotatable bonds is 6. The van der Waals surface area contributed by atoms with Crippen molar-refractivity contribution in [3.05, 3.63) is 0 Å². The van der Waals surface area contributed by atoms with Gasteiger partial charge in [0.25, 0.3) is 0 Å². The molecule has 3 nitrogen and oxygen atoms in total. The first-order valence-electron chi connectivity index (χ1n) is 6.56.